The molecule has 2 aromatic rings. The zero-order valence-corrected chi connectivity index (χ0v) is 11.3. The average Bonchev–Trinajstić information content (AvgIpc) is 2.93. The van der Waals surface area contributed by atoms with Crippen LogP contribution in [0, 0.1) is 5.92 Å². The van der Waals surface area contributed by atoms with Crippen LogP contribution in [-0.2, 0) is 4.74 Å². The van der Waals surface area contributed by atoms with Gasteiger partial charge in [-0.25, -0.2) is 9.97 Å². The van der Waals surface area contributed by atoms with Crippen molar-refractivity contribution in [1.29, 1.82) is 0 Å². The summed E-state index contributed by atoms with van der Waals surface area (Å²) >= 11 is 1.62. The molecular weight excluding hydrogens is 260 g/mol. The molecule has 1 aliphatic carbocycles. The van der Waals surface area contributed by atoms with Gasteiger partial charge in [0.15, 0.2) is 0 Å². The minimum absolute atomic E-state index is 0.161. The number of fused-ring (bicyclic) bond motifs is 2. The summed E-state index contributed by atoms with van der Waals surface area (Å²) in [7, 11) is 0. The summed E-state index contributed by atoms with van der Waals surface area (Å²) in [6.45, 7) is 0.851. The van der Waals surface area contributed by atoms with Crippen molar-refractivity contribution >= 4 is 27.4 Å². The third-order valence-electron chi connectivity index (χ3n) is 4.24. The Morgan fingerprint density at radius 2 is 2.37 bits per heavy atom. The lowest BCUT2D eigenvalue weighted by atomic mass is 9.68. The topological polar surface area (TPSA) is 73.1 Å². The Morgan fingerprint density at radius 3 is 3.32 bits per heavy atom. The van der Waals surface area contributed by atoms with Gasteiger partial charge >= 0.3 is 0 Å². The molecule has 0 spiro atoms. The summed E-state index contributed by atoms with van der Waals surface area (Å²) in [6.07, 6.45) is 4.16. The van der Waals surface area contributed by atoms with Gasteiger partial charge in [-0.1, -0.05) is 0 Å². The molecule has 1 saturated carbocycles. The van der Waals surface area contributed by atoms with Crippen LogP contribution in [0.3, 0.4) is 0 Å². The molecule has 4 rings (SSSR count). The lowest BCUT2D eigenvalue weighted by molar-refractivity contribution is -0.104. The molecule has 5 nitrogen and oxygen atoms in total. The number of rotatable bonds is 2. The van der Waals surface area contributed by atoms with E-state index in [4.69, 9.17) is 10.5 Å². The Morgan fingerprint density at radius 1 is 1.42 bits per heavy atom. The van der Waals surface area contributed by atoms with Crippen LogP contribution in [0.5, 0.6) is 0 Å². The molecule has 2 aliphatic rings. The first-order valence-electron chi connectivity index (χ1n) is 6.66. The first-order valence-corrected chi connectivity index (χ1v) is 7.54. The van der Waals surface area contributed by atoms with E-state index in [1.807, 2.05) is 11.4 Å². The van der Waals surface area contributed by atoms with Gasteiger partial charge < -0.3 is 15.8 Å². The van der Waals surface area contributed by atoms with Crippen LogP contribution in [-0.4, -0.2) is 34.8 Å². The highest BCUT2D eigenvalue weighted by Crippen LogP contribution is 2.39. The van der Waals surface area contributed by atoms with Gasteiger partial charge in [0.25, 0.3) is 0 Å². The van der Waals surface area contributed by atoms with Gasteiger partial charge in [0.05, 0.1) is 17.5 Å². The molecule has 6 heteroatoms. The van der Waals surface area contributed by atoms with E-state index < -0.39 is 0 Å². The van der Waals surface area contributed by atoms with E-state index in [1.165, 1.54) is 6.42 Å². The molecule has 2 fully saturated rings. The number of nitrogens with two attached hydrogens (primary N) is 1. The van der Waals surface area contributed by atoms with Crippen molar-refractivity contribution < 1.29 is 4.74 Å². The number of aromatic nitrogens is 2. The maximum absolute atomic E-state index is 6.26. The Bertz CT molecular complexity index is 601. The fraction of sp³-hybridized carbons (Fsp3) is 0.538. The normalized spacial score (nSPS) is 33.7. The van der Waals surface area contributed by atoms with E-state index in [1.54, 1.807) is 17.7 Å². The smallest absolute Gasteiger partial charge is 0.138 e. The Hall–Kier alpha value is -1.24. The van der Waals surface area contributed by atoms with Gasteiger partial charge in [0.1, 0.15) is 17.0 Å². The monoisotopic (exact) mass is 276 g/mol. The minimum atomic E-state index is 0.161. The molecular formula is C13H16N4OS. The number of anilines is 1. The van der Waals surface area contributed by atoms with Gasteiger partial charge in [-0.05, 0) is 24.3 Å². The van der Waals surface area contributed by atoms with Crippen molar-refractivity contribution in [3.63, 3.8) is 0 Å². The predicted octanol–water partition coefficient (Wildman–Crippen LogP) is 1.61. The van der Waals surface area contributed by atoms with Crippen molar-refractivity contribution in [2.45, 2.75) is 31.0 Å². The molecule has 4 atom stereocenters. The van der Waals surface area contributed by atoms with Gasteiger partial charge in [0, 0.05) is 18.6 Å². The molecule has 3 N–H and O–H groups in total. The lowest BCUT2D eigenvalue weighted by Crippen LogP contribution is -2.69. The van der Waals surface area contributed by atoms with Crippen molar-refractivity contribution in [3.8, 4) is 0 Å². The van der Waals surface area contributed by atoms with Crippen LogP contribution < -0.4 is 11.1 Å². The summed E-state index contributed by atoms with van der Waals surface area (Å²) in [6, 6.07) is 2.38. The first kappa shape index (κ1) is 11.6. The molecule has 19 heavy (non-hydrogen) atoms. The van der Waals surface area contributed by atoms with E-state index in [0.717, 1.165) is 29.1 Å². The number of hydrogen-bond acceptors (Lipinski definition) is 6. The highest BCUT2D eigenvalue weighted by molar-refractivity contribution is 7.16. The summed E-state index contributed by atoms with van der Waals surface area (Å²) in [5.41, 5.74) is 6.26. The zero-order valence-electron chi connectivity index (χ0n) is 10.5. The average molecular weight is 276 g/mol. The van der Waals surface area contributed by atoms with Gasteiger partial charge in [-0.15, -0.1) is 11.3 Å². The Labute approximate surface area is 115 Å². The van der Waals surface area contributed by atoms with Gasteiger partial charge in [-0.3, -0.25) is 0 Å². The maximum Gasteiger partial charge on any atom is 0.138 e. The molecule has 100 valence electrons. The fourth-order valence-electron chi connectivity index (χ4n) is 3.19. The van der Waals surface area contributed by atoms with Crippen molar-refractivity contribution in [3.05, 3.63) is 17.8 Å². The molecule has 3 heterocycles. The maximum atomic E-state index is 6.26. The Balaban J connectivity index is 1.60. The molecule has 1 aliphatic heterocycles. The molecule has 0 radical (unpaired) electrons. The van der Waals surface area contributed by atoms with E-state index in [2.05, 4.69) is 15.3 Å². The number of nitrogens with one attached hydrogen (secondary N) is 1. The van der Waals surface area contributed by atoms with Crippen LogP contribution in [0.2, 0.25) is 0 Å². The standard InChI is InChI=1S/C13H16N4OS/c14-9-7-2-1-4-18-11(7)10(9)17-12-8-3-5-19-13(8)16-6-15-12/h3,5-7,9-11H,1-2,4,14H2,(H,15,16,17). The molecule has 0 bridgehead atoms. The second kappa shape index (κ2) is 4.40. The number of hydrogen-bond donors (Lipinski definition) is 2. The Kier molecular flexibility index (Phi) is 2.68. The van der Waals surface area contributed by atoms with Crippen LogP contribution in [0.1, 0.15) is 12.8 Å². The SMILES string of the molecule is NC1C2CCCOC2C1Nc1ncnc2sccc12. The summed E-state index contributed by atoms with van der Waals surface area (Å²) in [5, 5.41) is 6.56. The summed E-state index contributed by atoms with van der Waals surface area (Å²) in [5.74, 6) is 1.38. The van der Waals surface area contributed by atoms with Crippen LogP contribution in [0.15, 0.2) is 17.8 Å². The van der Waals surface area contributed by atoms with Crippen molar-refractivity contribution in [2.24, 2.45) is 11.7 Å². The first-order chi connectivity index (χ1) is 9.34. The van der Waals surface area contributed by atoms with Crippen molar-refractivity contribution in [2.75, 3.05) is 11.9 Å². The third-order valence-corrected chi connectivity index (χ3v) is 5.06. The number of thiophene rings is 1. The highest BCUT2D eigenvalue weighted by Gasteiger charge is 2.50. The highest BCUT2D eigenvalue weighted by atomic mass is 32.1. The van der Waals surface area contributed by atoms with Crippen molar-refractivity contribution in [1.82, 2.24) is 9.97 Å². The lowest BCUT2D eigenvalue weighted by Gasteiger charge is -2.52. The predicted molar refractivity (Wildman–Crippen MR) is 75.3 cm³/mol. The van der Waals surface area contributed by atoms with E-state index in [9.17, 15) is 0 Å². The molecule has 0 aromatic carbocycles. The van der Waals surface area contributed by atoms with E-state index in [-0.39, 0.29) is 18.2 Å². The van der Waals surface area contributed by atoms with Crippen LogP contribution >= 0.6 is 11.3 Å². The fourth-order valence-corrected chi connectivity index (χ4v) is 3.92. The largest absolute Gasteiger partial charge is 0.376 e. The van der Waals surface area contributed by atoms with E-state index in [0.29, 0.717) is 5.92 Å². The van der Waals surface area contributed by atoms with Gasteiger partial charge in [-0.2, -0.15) is 0 Å². The van der Waals surface area contributed by atoms with Gasteiger partial charge in [0.2, 0.25) is 0 Å². The third kappa shape index (κ3) is 1.74. The zero-order chi connectivity index (χ0) is 12.8. The second-order valence-electron chi connectivity index (χ2n) is 5.25. The summed E-state index contributed by atoms with van der Waals surface area (Å²) < 4.78 is 5.84. The molecule has 1 saturated heterocycles. The molecule has 0 amide bonds. The second-order valence-corrected chi connectivity index (χ2v) is 6.15. The quantitative estimate of drug-likeness (QED) is 0.871. The number of ether oxygens (including phenoxy) is 1. The van der Waals surface area contributed by atoms with E-state index >= 15 is 0 Å². The summed E-state index contributed by atoms with van der Waals surface area (Å²) in [4.78, 5) is 9.61. The van der Waals surface area contributed by atoms with Crippen LogP contribution in [0.4, 0.5) is 5.82 Å². The van der Waals surface area contributed by atoms with Crippen LogP contribution in [0.25, 0.3) is 10.2 Å². The molecule has 4 unspecified atom stereocenters. The number of nitrogens with zero attached hydrogens (tertiary/aromatic N) is 2. The molecule has 2 aromatic heterocycles. The minimum Gasteiger partial charge on any atom is -0.376 e.